The summed E-state index contributed by atoms with van der Waals surface area (Å²) in [5, 5.41) is 22.3. The number of aliphatic hydroxyl groups excluding tert-OH is 1. The maximum Gasteiger partial charge on any atom is 0.303 e. The summed E-state index contributed by atoms with van der Waals surface area (Å²) in [5.74, 6) is 0.405. The molecule has 0 spiro atoms. The van der Waals surface area contributed by atoms with Crippen molar-refractivity contribution in [2.45, 2.75) is 108 Å². The highest BCUT2D eigenvalue weighted by Crippen LogP contribution is 2.42. The second-order valence-corrected chi connectivity index (χ2v) is 12.5. The molecule has 0 amide bonds. The first-order chi connectivity index (χ1) is 22.0. The molecule has 45 heavy (non-hydrogen) atoms. The van der Waals surface area contributed by atoms with Gasteiger partial charge in [-0.1, -0.05) is 48.6 Å². The average Bonchev–Trinajstić information content (AvgIpc) is 3.59. The van der Waals surface area contributed by atoms with Crippen molar-refractivity contribution in [3.63, 3.8) is 0 Å². The van der Waals surface area contributed by atoms with Crippen molar-refractivity contribution >= 4 is 16.7 Å². The van der Waals surface area contributed by atoms with Crippen molar-refractivity contribution in [1.82, 2.24) is 0 Å². The Balaban J connectivity index is 1.21. The molecule has 2 aromatic rings. The van der Waals surface area contributed by atoms with Gasteiger partial charge in [0.25, 0.3) is 6.29 Å². The van der Waals surface area contributed by atoms with Crippen LogP contribution in [0.4, 0.5) is 0 Å². The summed E-state index contributed by atoms with van der Waals surface area (Å²) in [5.41, 5.74) is 0. The number of unbranched alkanes of at least 4 members (excludes halogenated alkanes) is 1. The summed E-state index contributed by atoms with van der Waals surface area (Å²) in [4.78, 5) is 10.9. The number of aliphatic hydroxyl groups is 1. The third-order valence-corrected chi connectivity index (χ3v) is 9.23. The Morgan fingerprint density at radius 1 is 0.956 bits per heavy atom. The van der Waals surface area contributed by atoms with Crippen LogP contribution in [0.15, 0.2) is 60.7 Å². The van der Waals surface area contributed by atoms with Gasteiger partial charge in [0.2, 0.25) is 0 Å². The maximum absolute atomic E-state index is 11.2. The fourth-order valence-electron chi connectivity index (χ4n) is 6.81. The van der Waals surface area contributed by atoms with E-state index in [1.165, 1.54) is 0 Å². The van der Waals surface area contributed by atoms with E-state index in [0.717, 1.165) is 49.3 Å². The van der Waals surface area contributed by atoms with Crippen LogP contribution >= 0.6 is 0 Å². The van der Waals surface area contributed by atoms with Crippen molar-refractivity contribution in [3.05, 3.63) is 60.7 Å². The maximum atomic E-state index is 11.2. The van der Waals surface area contributed by atoms with Gasteiger partial charge < -0.3 is 38.6 Å². The third kappa shape index (κ3) is 8.45. The SMILES string of the molecule is O=C(O)CCC/C=C\C[C@@H]1[C@@H](/C=C/[C@@H](OC2CCCCO2)C2Oc3cc4ccccc4cc3O2)[C@H](OC2CCCCO2)C[C@@H]1O. The van der Waals surface area contributed by atoms with Crippen molar-refractivity contribution in [3.8, 4) is 11.5 Å². The molecule has 3 fully saturated rings. The Labute approximate surface area is 265 Å². The summed E-state index contributed by atoms with van der Waals surface area (Å²) in [7, 11) is 0. The molecule has 6 rings (SSSR count). The highest BCUT2D eigenvalue weighted by Gasteiger charge is 2.43. The molecule has 1 saturated carbocycles. The largest absolute Gasteiger partial charge is 0.481 e. The molecular weight excluding hydrogens is 576 g/mol. The monoisotopic (exact) mass is 622 g/mol. The Kier molecular flexibility index (Phi) is 11.1. The van der Waals surface area contributed by atoms with Crippen LogP contribution < -0.4 is 9.47 Å². The van der Waals surface area contributed by atoms with E-state index in [4.69, 9.17) is 33.5 Å². The number of carbonyl (C=O) groups is 1. The van der Waals surface area contributed by atoms with Gasteiger partial charge in [-0.05, 0) is 86.6 Å². The number of fused-ring (bicyclic) bond motifs is 2. The first-order valence-corrected chi connectivity index (χ1v) is 16.7. The minimum atomic E-state index is -0.785. The number of hydrogen-bond donors (Lipinski definition) is 2. The number of carboxylic acids is 1. The van der Waals surface area contributed by atoms with E-state index in [1.807, 2.05) is 36.4 Å². The van der Waals surface area contributed by atoms with Crippen LogP contribution in [0.5, 0.6) is 11.5 Å². The topological polar surface area (TPSA) is 113 Å². The number of hydrogen-bond acceptors (Lipinski definition) is 8. The molecule has 7 atom stereocenters. The zero-order chi connectivity index (χ0) is 31.0. The summed E-state index contributed by atoms with van der Waals surface area (Å²) in [6, 6.07) is 12.1. The second kappa shape index (κ2) is 15.6. The van der Waals surface area contributed by atoms with Crippen molar-refractivity contribution < 1.29 is 43.4 Å². The quantitative estimate of drug-likeness (QED) is 0.191. The standard InChI is InChI=1S/C36H46O9/c37-28-23-30(43-35-16-8-10-20-41-35)27(26(28)13-3-1-2-4-14-33(38)39)17-18-29(42-34-15-7-9-19-40-34)36-44-31-21-24-11-5-6-12-25(24)22-32(31)45-36/h1,3,5-6,11-12,17-18,21-22,26-30,34-37H,2,4,7-10,13-16,19-20,23H2,(H,38,39)/b3-1-,18-17+/t26-,27-,28+,29-,30-,34?,35?/m1/s1. The van der Waals surface area contributed by atoms with Gasteiger partial charge in [-0.15, -0.1) is 0 Å². The van der Waals surface area contributed by atoms with Gasteiger partial charge in [0.15, 0.2) is 30.2 Å². The molecule has 9 nitrogen and oxygen atoms in total. The lowest BCUT2D eigenvalue weighted by Gasteiger charge is -2.30. The zero-order valence-electron chi connectivity index (χ0n) is 25.8. The first kappa shape index (κ1) is 32.0. The van der Waals surface area contributed by atoms with Crippen LogP contribution in [-0.4, -0.2) is 66.6 Å². The van der Waals surface area contributed by atoms with Gasteiger partial charge in [-0.2, -0.15) is 0 Å². The van der Waals surface area contributed by atoms with E-state index >= 15 is 0 Å². The normalized spacial score (nSPS) is 29.6. The van der Waals surface area contributed by atoms with Gasteiger partial charge in [-0.3, -0.25) is 4.79 Å². The van der Waals surface area contributed by atoms with E-state index in [9.17, 15) is 9.90 Å². The van der Waals surface area contributed by atoms with Crippen molar-refractivity contribution in [1.29, 1.82) is 0 Å². The van der Waals surface area contributed by atoms with E-state index < -0.39 is 24.5 Å². The molecule has 3 heterocycles. The molecule has 0 bridgehead atoms. The van der Waals surface area contributed by atoms with Gasteiger partial charge >= 0.3 is 5.97 Å². The second-order valence-electron chi connectivity index (χ2n) is 12.5. The zero-order valence-corrected chi connectivity index (χ0v) is 25.8. The lowest BCUT2D eigenvalue weighted by molar-refractivity contribution is -0.208. The van der Waals surface area contributed by atoms with Gasteiger partial charge in [0.05, 0.1) is 12.2 Å². The molecule has 0 radical (unpaired) electrons. The van der Waals surface area contributed by atoms with Crippen LogP contribution in [0.2, 0.25) is 0 Å². The highest BCUT2D eigenvalue weighted by atomic mass is 16.8. The predicted molar refractivity (Wildman–Crippen MR) is 168 cm³/mol. The summed E-state index contributed by atoms with van der Waals surface area (Å²) >= 11 is 0. The van der Waals surface area contributed by atoms with Crippen LogP contribution in [0.3, 0.4) is 0 Å². The third-order valence-electron chi connectivity index (χ3n) is 9.23. The number of aliphatic carboxylic acids is 1. The fraction of sp³-hybridized carbons (Fsp3) is 0.583. The van der Waals surface area contributed by atoms with E-state index in [-0.39, 0.29) is 36.9 Å². The predicted octanol–water partition coefficient (Wildman–Crippen LogP) is 6.52. The van der Waals surface area contributed by atoms with E-state index in [1.54, 1.807) is 0 Å². The molecule has 2 unspecified atom stereocenters. The Morgan fingerprint density at radius 3 is 2.29 bits per heavy atom. The van der Waals surface area contributed by atoms with Gasteiger partial charge in [-0.25, -0.2) is 0 Å². The van der Waals surface area contributed by atoms with Crippen LogP contribution in [0.1, 0.15) is 70.6 Å². The molecule has 1 aliphatic carbocycles. The lowest BCUT2D eigenvalue weighted by atomic mass is 9.89. The van der Waals surface area contributed by atoms with Crippen LogP contribution in [-0.2, 0) is 23.7 Å². The minimum Gasteiger partial charge on any atom is -0.481 e. The molecule has 2 N–H and O–H groups in total. The van der Waals surface area contributed by atoms with E-state index in [2.05, 4.69) is 24.3 Å². The molecule has 244 valence electrons. The molecule has 9 heteroatoms. The highest BCUT2D eigenvalue weighted by molar-refractivity contribution is 5.86. The van der Waals surface area contributed by atoms with Crippen molar-refractivity contribution in [2.75, 3.05) is 13.2 Å². The molecule has 2 aromatic carbocycles. The number of carboxylic acid groups (broad SMARTS) is 1. The lowest BCUT2D eigenvalue weighted by Crippen LogP contribution is -2.39. The Hall–Kier alpha value is -2.95. The average molecular weight is 623 g/mol. The number of allylic oxidation sites excluding steroid dienone is 2. The van der Waals surface area contributed by atoms with E-state index in [0.29, 0.717) is 50.4 Å². The summed E-state index contributed by atoms with van der Waals surface area (Å²) in [6.07, 6.45) is 13.9. The molecule has 0 aromatic heterocycles. The van der Waals surface area contributed by atoms with Crippen molar-refractivity contribution in [2.24, 2.45) is 11.8 Å². The molecule has 4 aliphatic rings. The van der Waals surface area contributed by atoms with Crippen LogP contribution in [0.25, 0.3) is 10.8 Å². The van der Waals surface area contributed by atoms with Gasteiger partial charge in [0.1, 0.15) is 0 Å². The Morgan fingerprint density at radius 2 is 1.64 bits per heavy atom. The fourth-order valence-corrected chi connectivity index (χ4v) is 6.81. The summed E-state index contributed by atoms with van der Waals surface area (Å²) in [6.45, 7) is 1.35. The molecular formula is C36H46O9. The van der Waals surface area contributed by atoms with Crippen LogP contribution in [0, 0.1) is 11.8 Å². The first-order valence-electron chi connectivity index (χ1n) is 16.7. The number of benzene rings is 2. The molecule has 3 aliphatic heterocycles. The number of ether oxygens (including phenoxy) is 6. The minimum absolute atomic E-state index is 0.0787. The summed E-state index contributed by atoms with van der Waals surface area (Å²) < 4.78 is 37.5. The smallest absolute Gasteiger partial charge is 0.303 e. The van der Waals surface area contributed by atoms with Gasteiger partial charge in [0, 0.05) is 32.0 Å². The molecule has 2 saturated heterocycles. The Bertz CT molecular complexity index is 1270. The number of rotatable bonds is 13.